The molecule has 0 radical (unpaired) electrons. The third-order valence-corrected chi connectivity index (χ3v) is 1.22. The minimum Gasteiger partial charge on any atom is -0.460 e. The fourth-order valence-electron chi connectivity index (χ4n) is 0.595. The van der Waals surface area contributed by atoms with Crippen LogP contribution < -0.4 is 0 Å². The maximum absolute atomic E-state index is 10.8. The topological polar surface area (TPSA) is 35.5 Å². The predicted octanol–water partition coefficient (Wildman–Crippen LogP) is 1.53. The molecule has 0 aromatic carbocycles. The van der Waals surface area contributed by atoms with Gasteiger partial charge < -0.3 is 9.47 Å². The van der Waals surface area contributed by atoms with E-state index in [9.17, 15) is 4.79 Å². The molecule has 3 heteroatoms. The number of hydrogen-bond acceptors (Lipinski definition) is 3. The van der Waals surface area contributed by atoms with Crippen LogP contribution in [0.1, 0.15) is 19.8 Å². The van der Waals surface area contributed by atoms with Gasteiger partial charge in [-0.15, -0.1) is 0 Å². The Balaban J connectivity index is 3.13. The summed E-state index contributed by atoms with van der Waals surface area (Å²) in [5, 5.41) is 0. The summed E-state index contributed by atoms with van der Waals surface area (Å²) in [6.07, 6.45) is 3.58. The molecular formula is C9H16O3. The SMILES string of the molecule is C=CCOC(=O)COCCCC. The van der Waals surface area contributed by atoms with Crippen LogP contribution in [-0.4, -0.2) is 25.8 Å². The van der Waals surface area contributed by atoms with E-state index in [1.54, 1.807) is 0 Å². The lowest BCUT2D eigenvalue weighted by Gasteiger charge is -2.02. The van der Waals surface area contributed by atoms with E-state index in [1.807, 2.05) is 0 Å². The van der Waals surface area contributed by atoms with Crippen molar-refractivity contribution >= 4 is 5.97 Å². The summed E-state index contributed by atoms with van der Waals surface area (Å²) in [5.74, 6) is -0.328. The normalized spacial score (nSPS) is 9.42. The van der Waals surface area contributed by atoms with Crippen LogP contribution in [0.2, 0.25) is 0 Å². The lowest BCUT2D eigenvalue weighted by atomic mass is 10.4. The molecule has 0 rings (SSSR count). The van der Waals surface area contributed by atoms with Gasteiger partial charge >= 0.3 is 5.97 Å². The van der Waals surface area contributed by atoms with Crippen LogP contribution in [0, 0.1) is 0 Å². The summed E-state index contributed by atoms with van der Waals surface area (Å²) in [6.45, 7) is 6.43. The van der Waals surface area contributed by atoms with Crippen molar-refractivity contribution in [1.29, 1.82) is 0 Å². The second kappa shape index (κ2) is 8.27. The average molecular weight is 172 g/mol. The zero-order valence-electron chi connectivity index (χ0n) is 7.54. The molecular weight excluding hydrogens is 156 g/mol. The van der Waals surface area contributed by atoms with E-state index in [-0.39, 0.29) is 19.2 Å². The highest BCUT2D eigenvalue weighted by atomic mass is 16.6. The molecule has 0 atom stereocenters. The van der Waals surface area contributed by atoms with Crippen molar-refractivity contribution in [3.05, 3.63) is 12.7 Å². The van der Waals surface area contributed by atoms with Gasteiger partial charge in [0, 0.05) is 6.61 Å². The Morgan fingerprint density at radius 3 is 2.92 bits per heavy atom. The fourth-order valence-corrected chi connectivity index (χ4v) is 0.595. The summed E-state index contributed by atoms with van der Waals surface area (Å²) in [6, 6.07) is 0. The van der Waals surface area contributed by atoms with Crippen LogP contribution in [0.5, 0.6) is 0 Å². The molecule has 0 aromatic rings. The van der Waals surface area contributed by atoms with E-state index in [4.69, 9.17) is 4.74 Å². The van der Waals surface area contributed by atoms with Gasteiger partial charge in [0.25, 0.3) is 0 Å². The largest absolute Gasteiger partial charge is 0.460 e. The van der Waals surface area contributed by atoms with Crippen molar-refractivity contribution in [2.45, 2.75) is 19.8 Å². The molecule has 0 saturated heterocycles. The van der Waals surface area contributed by atoms with Gasteiger partial charge in [0.1, 0.15) is 13.2 Å². The molecule has 0 aliphatic rings. The average Bonchev–Trinajstić information content (AvgIpc) is 2.09. The summed E-state index contributed by atoms with van der Waals surface area (Å²) in [4.78, 5) is 10.8. The van der Waals surface area contributed by atoms with Crippen LogP contribution in [0.15, 0.2) is 12.7 Å². The van der Waals surface area contributed by atoms with Crippen LogP contribution in [0.3, 0.4) is 0 Å². The van der Waals surface area contributed by atoms with Crippen molar-refractivity contribution in [2.75, 3.05) is 19.8 Å². The molecule has 0 heterocycles. The first-order valence-corrected chi connectivity index (χ1v) is 4.15. The van der Waals surface area contributed by atoms with Crippen LogP contribution in [-0.2, 0) is 14.3 Å². The highest BCUT2D eigenvalue weighted by Crippen LogP contribution is 1.88. The van der Waals surface area contributed by atoms with Gasteiger partial charge in [-0.25, -0.2) is 4.79 Å². The van der Waals surface area contributed by atoms with Crippen molar-refractivity contribution in [3.8, 4) is 0 Å². The van der Waals surface area contributed by atoms with Crippen molar-refractivity contribution < 1.29 is 14.3 Å². The zero-order valence-corrected chi connectivity index (χ0v) is 7.54. The lowest BCUT2D eigenvalue weighted by Crippen LogP contribution is -2.13. The molecule has 70 valence electrons. The highest BCUT2D eigenvalue weighted by Gasteiger charge is 1.99. The first-order chi connectivity index (χ1) is 5.81. The minimum absolute atomic E-state index is 0.0494. The van der Waals surface area contributed by atoms with Gasteiger partial charge in [-0.2, -0.15) is 0 Å². The Labute approximate surface area is 73.4 Å². The Morgan fingerprint density at radius 1 is 1.58 bits per heavy atom. The molecule has 3 nitrogen and oxygen atoms in total. The van der Waals surface area contributed by atoms with Crippen LogP contribution in [0.25, 0.3) is 0 Å². The number of hydrogen-bond donors (Lipinski definition) is 0. The molecule has 0 aromatic heterocycles. The van der Waals surface area contributed by atoms with Crippen LogP contribution >= 0.6 is 0 Å². The summed E-state index contributed by atoms with van der Waals surface area (Å²) >= 11 is 0. The number of rotatable bonds is 7. The smallest absolute Gasteiger partial charge is 0.332 e. The van der Waals surface area contributed by atoms with E-state index in [1.165, 1.54) is 6.08 Å². The Bertz CT molecular complexity index is 132. The maximum atomic E-state index is 10.8. The number of esters is 1. The molecule has 0 spiro atoms. The Kier molecular flexibility index (Phi) is 7.70. The number of carbonyl (C=O) groups excluding carboxylic acids is 1. The van der Waals surface area contributed by atoms with Gasteiger partial charge in [-0.3, -0.25) is 0 Å². The maximum Gasteiger partial charge on any atom is 0.332 e. The molecule has 0 bridgehead atoms. The molecule has 0 unspecified atom stereocenters. The van der Waals surface area contributed by atoms with E-state index in [0.29, 0.717) is 6.61 Å². The first kappa shape index (κ1) is 11.2. The highest BCUT2D eigenvalue weighted by molar-refractivity contribution is 5.70. The zero-order chi connectivity index (χ0) is 9.23. The predicted molar refractivity (Wildman–Crippen MR) is 46.9 cm³/mol. The first-order valence-electron chi connectivity index (χ1n) is 4.15. The summed E-state index contributed by atoms with van der Waals surface area (Å²) in [7, 11) is 0. The summed E-state index contributed by atoms with van der Waals surface area (Å²) in [5.41, 5.74) is 0. The van der Waals surface area contributed by atoms with Crippen molar-refractivity contribution in [2.24, 2.45) is 0 Å². The standard InChI is InChI=1S/C9H16O3/c1-3-5-7-11-8-9(10)12-6-4-2/h4H,2-3,5-8H2,1H3. The molecule has 0 aliphatic carbocycles. The van der Waals surface area contributed by atoms with Gasteiger partial charge in [0.2, 0.25) is 0 Å². The van der Waals surface area contributed by atoms with E-state index in [0.717, 1.165) is 12.8 Å². The quantitative estimate of drug-likeness (QED) is 0.332. The fraction of sp³-hybridized carbons (Fsp3) is 0.667. The molecule has 0 N–H and O–H groups in total. The molecule has 0 fully saturated rings. The van der Waals surface area contributed by atoms with Gasteiger partial charge in [-0.05, 0) is 6.42 Å². The van der Waals surface area contributed by atoms with Gasteiger partial charge in [0.15, 0.2) is 0 Å². The van der Waals surface area contributed by atoms with E-state index in [2.05, 4.69) is 18.2 Å². The molecule has 0 aliphatic heterocycles. The van der Waals surface area contributed by atoms with E-state index >= 15 is 0 Å². The third-order valence-electron chi connectivity index (χ3n) is 1.22. The Morgan fingerprint density at radius 2 is 2.33 bits per heavy atom. The lowest BCUT2D eigenvalue weighted by molar-refractivity contribution is -0.147. The number of carbonyl (C=O) groups is 1. The Hall–Kier alpha value is -0.830. The summed E-state index contributed by atoms with van der Waals surface area (Å²) < 4.78 is 9.71. The molecule has 12 heavy (non-hydrogen) atoms. The van der Waals surface area contributed by atoms with E-state index < -0.39 is 0 Å². The monoisotopic (exact) mass is 172 g/mol. The third kappa shape index (κ3) is 7.28. The molecule has 0 saturated carbocycles. The van der Waals surface area contributed by atoms with Crippen LogP contribution in [0.4, 0.5) is 0 Å². The second-order valence-electron chi connectivity index (χ2n) is 2.38. The second-order valence-corrected chi connectivity index (χ2v) is 2.38. The van der Waals surface area contributed by atoms with Gasteiger partial charge in [-0.1, -0.05) is 26.0 Å². The minimum atomic E-state index is -0.328. The molecule has 0 amide bonds. The van der Waals surface area contributed by atoms with Crippen molar-refractivity contribution in [3.63, 3.8) is 0 Å². The van der Waals surface area contributed by atoms with Gasteiger partial charge in [0.05, 0.1) is 0 Å². The van der Waals surface area contributed by atoms with Crippen molar-refractivity contribution in [1.82, 2.24) is 0 Å². The number of unbranched alkanes of at least 4 members (excludes halogenated alkanes) is 1. The number of ether oxygens (including phenoxy) is 2.